The maximum Gasteiger partial charge on any atom is 0.323 e. The van der Waals surface area contributed by atoms with Gasteiger partial charge in [-0.05, 0) is 49.5 Å². The molecule has 1 aromatic heterocycles. The number of nitrogens with one attached hydrogen (secondary N) is 1. The lowest BCUT2D eigenvalue weighted by Crippen LogP contribution is -2.46. The number of urea groups is 1. The summed E-state index contributed by atoms with van der Waals surface area (Å²) in [7, 11) is 0. The van der Waals surface area contributed by atoms with Crippen molar-refractivity contribution >= 4 is 22.5 Å². The van der Waals surface area contributed by atoms with E-state index in [4.69, 9.17) is 4.98 Å². The molecule has 186 valence electrons. The number of carbonyl (C=O) groups is 1. The van der Waals surface area contributed by atoms with Gasteiger partial charge in [-0.15, -0.1) is 11.3 Å². The Balaban J connectivity index is 1.34. The second-order valence-electron chi connectivity index (χ2n) is 10.6. The summed E-state index contributed by atoms with van der Waals surface area (Å²) in [5, 5.41) is 3.97. The number of benzene rings is 1. The Hall–Kier alpha value is -1.92. The maximum atomic E-state index is 13.4. The number of hydrogen-bond donors (Lipinski definition) is 1. The maximum absolute atomic E-state index is 13.4. The summed E-state index contributed by atoms with van der Waals surface area (Å²) in [4.78, 5) is 24.2. The average Bonchev–Trinajstić information content (AvgIpc) is 3.12. The van der Waals surface area contributed by atoms with Gasteiger partial charge in [0.15, 0.2) is 5.13 Å². The van der Waals surface area contributed by atoms with Gasteiger partial charge in [-0.2, -0.15) is 0 Å². The van der Waals surface area contributed by atoms with Crippen LogP contribution in [0.25, 0.3) is 0 Å². The molecule has 1 saturated carbocycles. The zero-order chi connectivity index (χ0) is 23.9. The summed E-state index contributed by atoms with van der Waals surface area (Å²) in [5.41, 5.74) is 2.54. The van der Waals surface area contributed by atoms with Crippen LogP contribution in [0.15, 0.2) is 30.3 Å². The predicted molar refractivity (Wildman–Crippen MR) is 142 cm³/mol. The second-order valence-corrected chi connectivity index (χ2v) is 11.7. The number of anilines is 1. The normalized spacial score (nSPS) is 21.2. The van der Waals surface area contributed by atoms with Gasteiger partial charge in [0.2, 0.25) is 0 Å². The second kappa shape index (κ2) is 12.2. The van der Waals surface area contributed by atoms with Crippen molar-refractivity contribution < 1.29 is 4.79 Å². The van der Waals surface area contributed by atoms with E-state index in [1.54, 1.807) is 11.3 Å². The summed E-state index contributed by atoms with van der Waals surface area (Å²) in [6.45, 7) is 10.5. The Labute approximate surface area is 210 Å². The summed E-state index contributed by atoms with van der Waals surface area (Å²) >= 11 is 1.68. The molecule has 0 radical (unpaired) electrons. The van der Waals surface area contributed by atoms with Crippen molar-refractivity contribution in [3.05, 3.63) is 46.5 Å². The van der Waals surface area contributed by atoms with Crippen LogP contribution >= 0.6 is 11.3 Å². The van der Waals surface area contributed by atoms with Gasteiger partial charge in [0, 0.05) is 43.5 Å². The van der Waals surface area contributed by atoms with Gasteiger partial charge < -0.3 is 4.90 Å². The first-order valence-electron chi connectivity index (χ1n) is 13.3. The molecule has 0 bridgehead atoms. The van der Waals surface area contributed by atoms with Crippen LogP contribution < -0.4 is 5.32 Å². The molecule has 0 saturated heterocycles. The number of aromatic nitrogens is 1. The highest BCUT2D eigenvalue weighted by Crippen LogP contribution is 2.32. The topological polar surface area (TPSA) is 48.5 Å². The molecule has 1 aromatic carbocycles. The molecule has 5 nitrogen and oxygen atoms in total. The van der Waals surface area contributed by atoms with Gasteiger partial charge in [0.05, 0.1) is 5.69 Å². The van der Waals surface area contributed by atoms with Crippen LogP contribution in [0.2, 0.25) is 0 Å². The van der Waals surface area contributed by atoms with Crippen molar-refractivity contribution in [1.29, 1.82) is 0 Å². The number of carbonyl (C=O) groups excluding carboxylic acids is 1. The third kappa shape index (κ3) is 6.82. The molecule has 6 heteroatoms. The van der Waals surface area contributed by atoms with Crippen molar-refractivity contribution in [2.45, 2.75) is 84.7 Å². The molecule has 1 aliphatic carbocycles. The fraction of sp³-hybridized carbons (Fsp3) is 0.643. The molecular formula is C28H42N4OS. The van der Waals surface area contributed by atoms with Gasteiger partial charge in [0.25, 0.3) is 0 Å². The van der Waals surface area contributed by atoms with Gasteiger partial charge in [0.1, 0.15) is 0 Å². The molecular weight excluding hydrogens is 440 g/mol. The lowest BCUT2D eigenvalue weighted by molar-refractivity contribution is 0.142. The van der Waals surface area contributed by atoms with E-state index in [0.29, 0.717) is 12.0 Å². The molecule has 34 heavy (non-hydrogen) atoms. The summed E-state index contributed by atoms with van der Waals surface area (Å²) < 4.78 is 0. The number of thiazole rings is 1. The van der Waals surface area contributed by atoms with Crippen LogP contribution in [-0.2, 0) is 19.4 Å². The number of fused-ring (bicyclic) bond motifs is 1. The summed E-state index contributed by atoms with van der Waals surface area (Å²) in [5.74, 6) is 1.31. The van der Waals surface area contributed by atoms with Crippen LogP contribution in [-0.4, -0.2) is 46.5 Å². The van der Waals surface area contributed by atoms with E-state index in [1.165, 1.54) is 41.8 Å². The Morgan fingerprint density at radius 2 is 1.88 bits per heavy atom. The molecule has 1 N–H and O–H groups in total. The first kappa shape index (κ1) is 25.2. The molecule has 1 aliphatic heterocycles. The van der Waals surface area contributed by atoms with Gasteiger partial charge in [-0.1, -0.05) is 63.9 Å². The molecule has 2 amide bonds. The zero-order valence-electron chi connectivity index (χ0n) is 21.3. The van der Waals surface area contributed by atoms with E-state index in [0.717, 1.165) is 62.9 Å². The first-order chi connectivity index (χ1) is 16.5. The quantitative estimate of drug-likeness (QED) is 0.461. The smallest absolute Gasteiger partial charge is 0.321 e. The standard InChI is InChI=1S/C28H42N4OS/c1-4-8-22-11-13-24(14-12-22)32(19-21(2)3)28(33)30-27-29-25-15-17-31(18-16-26(25)34-27)20-23-9-6-5-7-10-23/h5-7,9-10,21-22,24H,4,8,11-20H2,1-3H3,(H,29,30,33)/t22-,24-. The zero-order valence-corrected chi connectivity index (χ0v) is 22.1. The third-order valence-corrected chi connectivity index (χ3v) is 8.41. The van der Waals surface area contributed by atoms with Crippen LogP contribution in [0.1, 0.15) is 75.4 Å². The molecule has 2 aromatic rings. The predicted octanol–water partition coefficient (Wildman–Crippen LogP) is 6.59. The number of amides is 2. The monoisotopic (exact) mass is 482 g/mol. The highest BCUT2D eigenvalue weighted by molar-refractivity contribution is 7.15. The minimum atomic E-state index is 0.0438. The lowest BCUT2D eigenvalue weighted by Gasteiger charge is -2.37. The first-order valence-corrected chi connectivity index (χ1v) is 14.2. The van der Waals surface area contributed by atoms with Crippen LogP contribution in [0.4, 0.5) is 9.93 Å². The van der Waals surface area contributed by atoms with Crippen molar-refractivity contribution in [2.24, 2.45) is 11.8 Å². The Kier molecular flexibility index (Phi) is 9.01. The van der Waals surface area contributed by atoms with E-state index in [-0.39, 0.29) is 6.03 Å². The van der Waals surface area contributed by atoms with Crippen LogP contribution in [0.5, 0.6) is 0 Å². The summed E-state index contributed by atoms with van der Waals surface area (Å²) in [6.07, 6.45) is 9.34. The number of nitrogens with zero attached hydrogens (tertiary/aromatic N) is 3. The summed E-state index contributed by atoms with van der Waals surface area (Å²) in [6, 6.07) is 11.1. The van der Waals surface area contributed by atoms with E-state index < -0.39 is 0 Å². The third-order valence-electron chi connectivity index (χ3n) is 7.34. The SMILES string of the molecule is CCC[C@H]1CC[C@H](N(CC(C)C)C(=O)Nc2nc3c(s2)CCN(Cc2ccccc2)CC3)CC1. The molecule has 4 rings (SSSR count). The minimum absolute atomic E-state index is 0.0438. The van der Waals surface area contributed by atoms with Gasteiger partial charge in [-0.25, -0.2) is 9.78 Å². The van der Waals surface area contributed by atoms with E-state index in [9.17, 15) is 4.79 Å². The highest BCUT2D eigenvalue weighted by Gasteiger charge is 2.30. The Morgan fingerprint density at radius 3 is 2.59 bits per heavy atom. The number of hydrogen-bond acceptors (Lipinski definition) is 4. The average molecular weight is 483 g/mol. The van der Waals surface area contributed by atoms with E-state index >= 15 is 0 Å². The van der Waals surface area contributed by atoms with Gasteiger partial charge in [-0.3, -0.25) is 10.2 Å². The van der Waals surface area contributed by atoms with E-state index in [2.05, 4.69) is 66.2 Å². The molecule has 0 unspecified atom stereocenters. The van der Waals surface area contributed by atoms with Crippen molar-refractivity contribution in [3.63, 3.8) is 0 Å². The van der Waals surface area contributed by atoms with Crippen molar-refractivity contribution in [2.75, 3.05) is 25.0 Å². The van der Waals surface area contributed by atoms with Crippen molar-refractivity contribution in [3.8, 4) is 0 Å². The molecule has 2 heterocycles. The number of rotatable bonds is 8. The van der Waals surface area contributed by atoms with Gasteiger partial charge >= 0.3 is 6.03 Å². The van der Waals surface area contributed by atoms with E-state index in [1.807, 2.05) is 0 Å². The molecule has 1 fully saturated rings. The fourth-order valence-electron chi connectivity index (χ4n) is 5.57. The highest BCUT2D eigenvalue weighted by atomic mass is 32.1. The molecule has 2 aliphatic rings. The minimum Gasteiger partial charge on any atom is -0.321 e. The van der Waals surface area contributed by atoms with Crippen LogP contribution in [0.3, 0.4) is 0 Å². The Bertz CT molecular complexity index is 879. The molecule has 0 spiro atoms. The fourth-order valence-corrected chi connectivity index (χ4v) is 6.56. The van der Waals surface area contributed by atoms with Crippen molar-refractivity contribution in [1.82, 2.24) is 14.8 Å². The lowest BCUT2D eigenvalue weighted by atomic mass is 9.83. The molecule has 0 atom stereocenters. The largest absolute Gasteiger partial charge is 0.323 e. The van der Waals surface area contributed by atoms with Crippen LogP contribution in [0, 0.1) is 11.8 Å². The Morgan fingerprint density at radius 1 is 1.15 bits per heavy atom.